The molecule has 2 aromatic carbocycles. The normalized spacial score (nSPS) is 25.5. The Morgan fingerprint density at radius 2 is 1.84 bits per heavy atom. The predicted molar refractivity (Wildman–Crippen MR) is 144 cm³/mol. The van der Waals surface area contributed by atoms with Gasteiger partial charge in [0.2, 0.25) is 0 Å². The lowest BCUT2D eigenvalue weighted by atomic mass is 9.79. The van der Waals surface area contributed by atoms with Crippen molar-refractivity contribution in [1.82, 2.24) is 9.80 Å². The van der Waals surface area contributed by atoms with Crippen molar-refractivity contribution in [3.05, 3.63) is 47.5 Å². The summed E-state index contributed by atoms with van der Waals surface area (Å²) in [6, 6.07) is 12.3. The van der Waals surface area contributed by atoms with Gasteiger partial charge in [-0.2, -0.15) is 0 Å². The van der Waals surface area contributed by atoms with Crippen LogP contribution in [-0.2, 0) is 6.42 Å². The molecule has 3 aliphatic heterocycles. The van der Waals surface area contributed by atoms with Gasteiger partial charge in [0, 0.05) is 18.2 Å². The molecule has 2 aromatic rings. The van der Waals surface area contributed by atoms with E-state index in [0.29, 0.717) is 12.5 Å². The zero-order chi connectivity index (χ0) is 26.2. The van der Waals surface area contributed by atoms with Crippen LogP contribution in [0.1, 0.15) is 70.5 Å². The van der Waals surface area contributed by atoms with Crippen molar-refractivity contribution in [2.75, 3.05) is 32.8 Å². The Morgan fingerprint density at radius 1 is 1.11 bits per heavy atom. The maximum absolute atomic E-state index is 12.7. The van der Waals surface area contributed by atoms with Crippen molar-refractivity contribution in [1.29, 1.82) is 0 Å². The van der Waals surface area contributed by atoms with Gasteiger partial charge in [-0.05, 0) is 98.0 Å². The SMILES string of the molecule is CCCCOc1ccc(-c2cc3c(cc2OCC)[C@H](N(C(=O)[O-])[C@@H]2CN4CCC2CC4)C(C)(C)C3)cc1. The number of benzene rings is 2. The van der Waals surface area contributed by atoms with Gasteiger partial charge >= 0.3 is 0 Å². The summed E-state index contributed by atoms with van der Waals surface area (Å²) in [5.74, 6) is 2.09. The van der Waals surface area contributed by atoms with Crippen LogP contribution < -0.4 is 14.6 Å². The standard InChI is InChI=1S/C31H42N2O4/c1-5-7-16-37-24-10-8-21(9-11-24)25-17-23-19-31(3,4)29(26(23)18-28(25)36-6-2)33(30(34)35)27-20-32-14-12-22(27)13-15-32/h8-11,17-18,22,27,29H,5-7,12-16,19-20H2,1-4H3,(H,34,35)/p-1/t27-,29+/m1/s1. The molecule has 3 fully saturated rings. The number of hydrogen-bond donors (Lipinski definition) is 0. The van der Waals surface area contributed by atoms with E-state index in [4.69, 9.17) is 9.47 Å². The fourth-order valence-electron chi connectivity index (χ4n) is 6.83. The second-order valence-electron chi connectivity index (χ2n) is 11.7. The molecule has 0 spiro atoms. The third-order valence-corrected chi connectivity index (χ3v) is 8.62. The van der Waals surface area contributed by atoms with Crippen molar-refractivity contribution in [3.8, 4) is 22.6 Å². The molecular weight excluding hydrogens is 464 g/mol. The molecule has 2 bridgehead atoms. The Kier molecular flexibility index (Phi) is 7.39. The van der Waals surface area contributed by atoms with Gasteiger partial charge in [0.15, 0.2) is 0 Å². The van der Waals surface area contributed by atoms with Crippen molar-refractivity contribution in [3.63, 3.8) is 0 Å². The van der Waals surface area contributed by atoms with E-state index in [-0.39, 0.29) is 17.5 Å². The lowest BCUT2D eigenvalue weighted by Crippen LogP contribution is -2.62. The van der Waals surface area contributed by atoms with E-state index >= 15 is 0 Å². The Morgan fingerprint density at radius 3 is 2.43 bits per heavy atom. The maximum Gasteiger partial charge on any atom is 0.137 e. The smallest absolute Gasteiger partial charge is 0.137 e. The summed E-state index contributed by atoms with van der Waals surface area (Å²) in [4.78, 5) is 16.9. The number of hydrogen-bond acceptors (Lipinski definition) is 5. The highest BCUT2D eigenvalue weighted by molar-refractivity contribution is 5.74. The number of carboxylic acid groups (broad SMARTS) is 1. The Bertz CT molecular complexity index is 1100. The first-order chi connectivity index (χ1) is 17.8. The third-order valence-electron chi connectivity index (χ3n) is 8.62. The lowest BCUT2D eigenvalue weighted by molar-refractivity contribution is -0.276. The molecule has 0 N–H and O–H groups in total. The molecule has 1 amide bonds. The summed E-state index contributed by atoms with van der Waals surface area (Å²) in [6.07, 6.45) is 4.05. The van der Waals surface area contributed by atoms with Gasteiger partial charge < -0.3 is 29.2 Å². The number of rotatable bonds is 9. The highest BCUT2D eigenvalue weighted by Gasteiger charge is 2.48. The molecular formula is C31H41N2O4-. The third kappa shape index (κ3) is 5.05. The monoisotopic (exact) mass is 505 g/mol. The zero-order valence-corrected chi connectivity index (χ0v) is 22.8. The van der Waals surface area contributed by atoms with Crippen molar-refractivity contribution in [2.45, 2.75) is 71.9 Å². The Balaban J connectivity index is 1.50. The number of amides is 1. The molecule has 6 rings (SSSR count). The van der Waals surface area contributed by atoms with Gasteiger partial charge in [-0.1, -0.05) is 39.3 Å². The summed E-state index contributed by atoms with van der Waals surface area (Å²) in [5, 5.41) is 12.7. The van der Waals surface area contributed by atoms with Crippen LogP contribution in [0.4, 0.5) is 4.79 Å². The molecule has 3 heterocycles. The predicted octanol–water partition coefficient (Wildman–Crippen LogP) is 5.29. The Labute approximate surface area is 221 Å². The van der Waals surface area contributed by atoms with Crippen LogP contribution in [0.3, 0.4) is 0 Å². The van der Waals surface area contributed by atoms with Crippen LogP contribution >= 0.6 is 0 Å². The molecule has 0 radical (unpaired) electrons. The second kappa shape index (κ2) is 10.6. The first-order valence-corrected chi connectivity index (χ1v) is 14.1. The van der Waals surface area contributed by atoms with E-state index in [2.05, 4.69) is 49.9 Å². The van der Waals surface area contributed by atoms with Crippen LogP contribution in [0.5, 0.6) is 11.5 Å². The van der Waals surface area contributed by atoms with E-state index in [9.17, 15) is 9.90 Å². The van der Waals surface area contributed by atoms with Crippen molar-refractivity contribution < 1.29 is 19.4 Å². The zero-order valence-electron chi connectivity index (χ0n) is 22.8. The molecule has 37 heavy (non-hydrogen) atoms. The van der Waals surface area contributed by atoms with E-state index in [1.807, 2.05) is 19.1 Å². The van der Waals surface area contributed by atoms with E-state index < -0.39 is 6.09 Å². The minimum Gasteiger partial charge on any atom is -0.530 e. The number of unbranched alkanes of at least 4 members (excludes halogenated alkanes) is 1. The molecule has 2 atom stereocenters. The fourth-order valence-corrected chi connectivity index (χ4v) is 6.83. The second-order valence-corrected chi connectivity index (χ2v) is 11.7. The van der Waals surface area contributed by atoms with Gasteiger partial charge in [0.25, 0.3) is 0 Å². The van der Waals surface area contributed by atoms with Gasteiger partial charge in [-0.15, -0.1) is 0 Å². The molecule has 6 nitrogen and oxygen atoms in total. The average molecular weight is 506 g/mol. The fraction of sp³-hybridized carbons (Fsp3) is 0.581. The number of fused-ring (bicyclic) bond motifs is 4. The minimum absolute atomic E-state index is 0.0156. The van der Waals surface area contributed by atoms with Crippen molar-refractivity contribution in [2.24, 2.45) is 11.3 Å². The maximum atomic E-state index is 12.7. The number of ether oxygens (including phenoxy) is 2. The highest BCUT2D eigenvalue weighted by atomic mass is 16.5. The first kappa shape index (κ1) is 25.9. The highest BCUT2D eigenvalue weighted by Crippen LogP contribution is 2.53. The molecule has 0 aromatic heterocycles. The van der Waals surface area contributed by atoms with E-state index in [1.165, 1.54) is 5.56 Å². The quantitative estimate of drug-likeness (QED) is 0.433. The van der Waals surface area contributed by atoms with Crippen LogP contribution in [0.2, 0.25) is 0 Å². The molecule has 0 unspecified atom stereocenters. The van der Waals surface area contributed by atoms with Crippen LogP contribution in [0.25, 0.3) is 11.1 Å². The van der Waals surface area contributed by atoms with Gasteiger partial charge in [0.1, 0.15) is 17.6 Å². The number of piperidine rings is 3. The minimum atomic E-state index is -1.05. The molecule has 0 saturated carbocycles. The number of nitrogens with zero attached hydrogens (tertiary/aromatic N) is 2. The first-order valence-electron chi connectivity index (χ1n) is 14.1. The lowest BCUT2D eigenvalue weighted by Gasteiger charge is -2.53. The number of carbonyl (C=O) groups excluding carboxylic acids is 1. The molecule has 200 valence electrons. The van der Waals surface area contributed by atoms with Crippen LogP contribution in [0, 0.1) is 11.3 Å². The summed E-state index contributed by atoms with van der Waals surface area (Å²) in [5.41, 5.74) is 4.14. The summed E-state index contributed by atoms with van der Waals surface area (Å²) >= 11 is 0. The molecule has 6 heteroatoms. The van der Waals surface area contributed by atoms with Gasteiger partial charge in [-0.25, -0.2) is 0 Å². The number of carbonyl (C=O) groups is 1. The van der Waals surface area contributed by atoms with Gasteiger partial charge in [-0.3, -0.25) is 0 Å². The van der Waals surface area contributed by atoms with Crippen LogP contribution in [0.15, 0.2) is 36.4 Å². The van der Waals surface area contributed by atoms with Gasteiger partial charge in [0.05, 0.1) is 19.3 Å². The topological polar surface area (TPSA) is 65.1 Å². The van der Waals surface area contributed by atoms with Crippen LogP contribution in [-0.4, -0.2) is 54.8 Å². The molecule has 3 saturated heterocycles. The molecule has 1 aliphatic carbocycles. The summed E-state index contributed by atoms with van der Waals surface area (Å²) in [7, 11) is 0. The molecule has 4 aliphatic rings. The summed E-state index contributed by atoms with van der Waals surface area (Å²) < 4.78 is 12.0. The van der Waals surface area contributed by atoms with Crippen molar-refractivity contribution >= 4 is 6.09 Å². The Hall–Kier alpha value is -2.73. The van der Waals surface area contributed by atoms with E-state index in [1.54, 1.807) is 4.90 Å². The average Bonchev–Trinajstić information content (AvgIpc) is 3.14. The largest absolute Gasteiger partial charge is 0.530 e. The van der Waals surface area contributed by atoms with E-state index in [0.717, 1.165) is 86.5 Å². The summed E-state index contributed by atoms with van der Waals surface area (Å²) in [6.45, 7) is 12.8.